The summed E-state index contributed by atoms with van der Waals surface area (Å²) in [6.07, 6.45) is 2.69. The number of hydrogen-bond donors (Lipinski definition) is 1. The third kappa shape index (κ3) is 4.30. The van der Waals surface area contributed by atoms with Crippen LogP contribution in [0.2, 0.25) is 0 Å². The Hall–Kier alpha value is -1.09. The van der Waals surface area contributed by atoms with Crippen molar-refractivity contribution in [3.8, 4) is 5.75 Å². The fourth-order valence-electron chi connectivity index (χ4n) is 1.35. The number of rotatable bonds is 4. The summed E-state index contributed by atoms with van der Waals surface area (Å²) in [4.78, 5) is 4.30. The zero-order valence-corrected chi connectivity index (χ0v) is 10.0. The van der Waals surface area contributed by atoms with Crippen LogP contribution in [0.3, 0.4) is 0 Å². The van der Waals surface area contributed by atoms with Gasteiger partial charge in [-0.1, -0.05) is 0 Å². The number of pyridine rings is 1. The molecule has 0 aliphatic rings. The van der Waals surface area contributed by atoms with Crippen molar-refractivity contribution >= 4 is 0 Å². The van der Waals surface area contributed by atoms with E-state index in [4.69, 9.17) is 4.74 Å². The molecule has 1 rings (SSSR count). The van der Waals surface area contributed by atoms with E-state index in [1.807, 2.05) is 12.1 Å². The molecule has 0 aromatic carbocycles. The van der Waals surface area contributed by atoms with Crippen molar-refractivity contribution in [1.29, 1.82) is 0 Å². The van der Waals surface area contributed by atoms with Gasteiger partial charge in [0.15, 0.2) is 0 Å². The molecule has 84 valence electrons. The monoisotopic (exact) mass is 208 g/mol. The first kappa shape index (κ1) is 12.0. The summed E-state index contributed by atoms with van der Waals surface area (Å²) in [5.74, 6) is 0.869. The largest absolute Gasteiger partial charge is 0.495 e. The highest BCUT2D eigenvalue weighted by molar-refractivity contribution is 5.26. The van der Waals surface area contributed by atoms with Crippen molar-refractivity contribution in [2.45, 2.75) is 32.7 Å². The molecule has 1 aromatic rings. The minimum Gasteiger partial charge on any atom is -0.495 e. The summed E-state index contributed by atoms with van der Waals surface area (Å²) in [5, 5.41) is 3.43. The lowest BCUT2D eigenvalue weighted by atomic mass is 10.1. The third-order valence-electron chi connectivity index (χ3n) is 2.09. The molecule has 0 radical (unpaired) electrons. The van der Waals surface area contributed by atoms with E-state index in [1.165, 1.54) is 0 Å². The van der Waals surface area contributed by atoms with Crippen LogP contribution in [-0.2, 0) is 6.42 Å². The zero-order valence-electron chi connectivity index (χ0n) is 10.0. The maximum Gasteiger partial charge on any atom is 0.140 e. The van der Waals surface area contributed by atoms with Crippen molar-refractivity contribution in [2.75, 3.05) is 13.7 Å². The molecule has 0 fully saturated rings. The minimum atomic E-state index is 0.155. The smallest absolute Gasteiger partial charge is 0.140 e. The molecule has 0 amide bonds. The Balaban J connectivity index is 2.50. The fraction of sp³-hybridized carbons (Fsp3) is 0.583. The number of methoxy groups -OCH3 is 1. The van der Waals surface area contributed by atoms with Gasteiger partial charge in [0.1, 0.15) is 5.75 Å². The van der Waals surface area contributed by atoms with Crippen molar-refractivity contribution in [1.82, 2.24) is 10.3 Å². The standard InChI is InChI=1S/C12H20N2O/c1-12(2,3)14-9-7-10-11(15-4)6-5-8-13-10/h5-6,8,14H,7,9H2,1-4H3. The van der Waals surface area contributed by atoms with Gasteiger partial charge in [0.05, 0.1) is 12.8 Å². The molecule has 0 saturated heterocycles. The number of nitrogens with zero attached hydrogens (tertiary/aromatic N) is 1. The molecule has 3 nitrogen and oxygen atoms in total. The van der Waals surface area contributed by atoms with Gasteiger partial charge in [-0.15, -0.1) is 0 Å². The van der Waals surface area contributed by atoms with Crippen LogP contribution in [-0.4, -0.2) is 24.2 Å². The molecule has 3 heteroatoms. The number of nitrogens with one attached hydrogen (secondary N) is 1. The maximum atomic E-state index is 5.24. The Bertz CT molecular complexity index is 305. The molecule has 0 spiro atoms. The second-order valence-electron chi connectivity index (χ2n) is 4.58. The van der Waals surface area contributed by atoms with Crippen LogP contribution in [0, 0.1) is 0 Å². The van der Waals surface area contributed by atoms with Gasteiger partial charge in [0.25, 0.3) is 0 Å². The molecule has 0 aliphatic heterocycles. The van der Waals surface area contributed by atoms with E-state index in [9.17, 15) is 0 Å². The van der Waals surface area contributed by atoms with Crippen molar-refractivity contribution in [2.24, 2.45) is 0 Å². The zero-order chi connectivity index (χ0) is 11.3. The summed E-state index contributed by atoms with van der Waals surface area (Å²) in [6, 6.07) is 3.83. The van der Waals surface area contributed by atoms with E-state index in [1.54, 1.807) is 13.3 Å². The average molecular weight is 208 g/mol. The fourth-order valence-corrected chi connectivity index (χ4v) is 1.35. The lowest BCUT2D eigenvalue weighted by molar-refractivity contribution is 0.399. The van der Waals surface area contributed by atoms with E-state index in [-0.39, 0.29) is 5.54 Å². The maximum absolute atomic E-state index is 5.24. The van der Waals surface area contributed by atoms with E-state index in [0.717, 1.165) is 24.4 Å². The number of aromatic nitrogens is 1. The van der Waals surface area contributed by atoms with Gasteiger partial charge in [-0.25, -0.2) is 0 Å². The van der Waals surface area contributed by atoms with E-state index < -0.39 is 0 Å². The summed E-state index contributed by atoms with van der Waals surface area (Å²) in [7, 11) is 1.68. The van der Waals surface area contributed by atoms with Gasteiger partial charge in [0, 0.05) is 24.7 Å². The Labute approximate surface area is 91.9 Å². The summed E-state index contributed by atoms with van der Waals surface area (Å²) in [5.41, 5.74) is 1.17. The van der Waals surface area contributed by atoms with Crippen molar-refractivity contribution in [3.63, 3.8) is 0 Å². The van der Waals surface area contributed by atoms with Crippen molar-refractivity contribution < 1.29 is 4.74 Å². The molecule has 0 unspecified atom stereocenters. The quantitative estimate of drug-likeness (QED) is 0.822. The molecular weight excluding hydrogens is 188 g/mol. The van der Waals surface area contributed by atoms with Crippen molar-refractivity contribution in [3.05, 3.63) is 24.0 Å². The molecule has 0 aliphatic carbocycles. The van der Waals surface area contributed by atoms with Crippen LogP contribution in [0.25, 0.3) is 0 Å². The average Bonchev–Trinajstić information content (AvgIpc) is 2.16. The Morgan fingerprint density at radius 1 is 1.40 bits per heavy atom. The number of hydrogen-bond acceptors (Lipinski definition) is 3. The first-order valence-corrected chi connectivity index (χ1v) is 5.26. The molecule has 15 heavy (non-hydrogen) atoms. The first-order valence-electron chi connectivity index (χ1n) is 5.26. The van der Waals surface area contributed by atoms with Crippen LogP contribution >= 0.6 is 0 Å². The van der Waals surface area contributed by atoms with Gasteiger partial charge >= 0.3 is 0 Å². The molecule has 1 heterocycles. The minimum absolute atomic E-state index is 0.155. The molecule has 0 bridgehead atoms. The molecular formula is C12H20N2O. The number of ether oxygens (including phenoxy) is 1. The van der Waals surface area contributed by atoms with Gasteiger partial charge in [-0.05, 0) is 32.9 Å². The Morgan fingerprint density at radius 3 is 2.73 bits per heavy atom. The molecule has 1 N–H and O–H groups in total. The third-order valence-corrected chi connectivity index (χ3v) is 2.09. The SMILES string of the molecule is COc1cccnc1CCNC(C)(C)C. The molecule has 0 atom stereocenters. The lowest BCUT2D eigenvalue weighted by Gasteiger charge is -2.20. The normalized spacial score (nSPS) is 11.5. The highest BCUT2D eigenvalue weighted by atomic mass is 16.5. The van der Waals surface area contributed by atoms with Crippen LogP contribution in [0.4, 0.5) is 0 Å². The van der Waals surface area contributed by atoms with Gasteiger partial charge in [-0.3, -0.25) is 4.98 Å². The first-order chi connectivity index (χ1) is 7.03. The second-order valence-corrected chi connectivity index (χ2v) is 4.58. The topological polar surface area (TPSA) is 34.1 Å². The predicted molar refractivity (Wildman–Crippen MR) is 62.2 cm³/mol. The van der Waals surface area contributed by atoms with Crippen LogP contribution in [0.15, 0.2) is 18.3 Å². The summed E-state index contributed by atoms with van der Waals surface area (Å²) in [6.45, 7) is 7.38. The Morgan fingerprint density at radius 2 is 2.13 bits per heavy atom. The molecule has 1 aromatic heterocycles. The van der Waals surface area contributed by atoms with E-state index >= 15 is 0 Å². The van der Waals surface area contributed by atoms with E-state index in [0.29, 0.717) is 0 Å². The predicted octanol–water partition coefficient (Wildman–Crippen LogP) is 2.02. The Kier molecular flexibility index (Phi) is 4.09. The second kappa shape index (κ2) is 5.12. The van der Waals surface area contributed by atoms with Crippen LogP contribution < -0.4 is 10.1 Å². The van der Waals surface area contributed by atoms with E-state index in [2.05, 4.69) is 31.1 Å². The van der Waals surface area contributed by atoms with Crippen LogP contribution in [0.5, 0.6) is 5.75 Å². The van der Waals surface area contributed by atoms with Gasteiger partial charge < -0.3 is 10.1 Å². The van der Waals surface area contributed by atoms with Crippen LogP contribution in [0.1, 0.15) is 26.5 Å². The summed E-state index contributed by atoms with van der Waals surface area (Å²) < 4.78 is 5.24. The highest BCUT2D eigenvalue weighted by Gasteiger charge is 2.09. The lowest BCUT2D eigenvalue weighted by Crippen LogP contribution is -2.37. The summed E-state index contributed by atoms with van der Waals surface area (Å²) >= 11 is 0. The highest BCUT2D eigenvalue weighted by Crippen LogP contribution is 2.14. The van der Waals surface area contributed by atoms with Gasteiger partial charge in [0.2, 0.25) is 0 Å². The van der Waals surface area contributed by atoms with Gasteiger partial charge in [-0.2, -0.15) is 0 Å². The molecule has 0 saturated carbocycles.